The van der Waals surface area contributed by atoms with Crippen LogP contribution < -0.4 is 0 Å². The number of benzene rings is 1. The Bertz CT molecular complexity index is 978. The number of rotatable bonds is 3. The van der Waals surface area contributed by atoms with Crippen LogP contribution in [0, 0.1) is 6.92 Å². The van der Waals surface area contributed by atoms with Gasteiger partial charge in [0.2, 0.25) is 0 Å². The largest absolute Gasteiger partial charge is 0.387 e. The third kappa shape index (κ3) is 2.70. The number of aliphatic hydroxyl groups is 1. The van der Waals surface area contributed by atoms with E-state index in [1.54, 1.807) is 18.0 Å². The van der Waals surface area contributed by atoms with Crippen LogP contribution in [0.1, 0.15) is 53.7 Å². The van der Waals surface area contributed by atoms with Crippen molar-refractivity contribution < 1.29 is 5.11 Å². The van der Waals surface area contributed by atoms with Gasteiger partial charge < -0.3 is 9.67 Å². The molecule has 0 saturated heterocycles. The minimum absolute atomic E-state index is 0.527. The first kappa shape index (κ1) is 17.0. The maximum Gasteiger partial charge on any atom is 0.0970 e. The highest BCUT2D eigenvalue weighted by Gasteiger charge is 2.40. The monoisotopic (exact) mass is 361 g/mol. The van der Waals surface area contributed by atoms with Crippen LogP contribution >= 0.6 is 0 Å². The van der Waals surface area contributed by atoms with E-state index < -0.39 is 6.10 Å². The van der Waals surface area contributed by atoms with E-state index in [1.165, 1.54) is 41.4 Å². The van der Waals surface area contributed by atoms with Crippen molar-refractivity contribution in [3.63, 3.8) is 0 Å². The van der Waals surface area contributed by atoms with E-state index in [2.05, 4.69) is 46.6 Å². The SMILES string of the molecule is Cc1ccc2c(c1)c1c(n2CC(O)c2ccncc2)CN(C)C2CCCC12. The molecule has 1 aliphatic carbocycles. The van der Waals surface area contributed by atoms with E-state index in [0.29, 0.717) is 18.5 Å². The molecule has 3 atom stereocenters. The van der Waals surface area contributed by atoms with Crippen molar-refractivity contribution in [1.29, 1.82) is 0 Å². The summed E-state index contributed by atoms with van der Waals surface area (Å²) in [5, 5.41) is 12.3. The lowest BCUT2D eigenvalue weighted by Gasteiger charge is -2.36. The van der Waals surface area contributed by atoms with Crippen molar-refractivity contribution in [1.82, 2.24) is 14.5 Å². The summed E-state index contributed by atoms with van der Waals surface area (Å²) in [6.07, 6.45) is 6.88. The van der Waals surface area contributed by atoms with Gasteiger partial charge in [0.25, 0.3) is 0 Å². The number of aliphatic hydroxyl groups excluding tert-OH is 1. The van der Waals surface area contributed by atoms with Crippen molar-refractivity contribution in [2.75, 3.05) is 7.05 Å². The Morgan fingerprint density at radius 2 is 2.00 bits per heavy atom. The molecular weight excluding hydrogens is 334 g/mol. The predicted molar refractivity (Wildman–Crippen MR) is 108 cm³/mol. The van der Waals surface area contributed by atoms with Crippen LogP contribution in [0.4, 0.5) is 0 Å². The first-order valence-corrected chi connectivity index (χ1v) is 10.0. The number of hydrogen-bond donors (Lipinski definition) is 1. The topological polar surface area (TPSA) is 41.3 Å². The van der Waals surface area contributed by atoms with E-state index in [1.807, 2.05) is 12.1 Å². The van der Waals surface area contributed by atoms with E-state index >= 15 is 0 Å². The van der Waals surface area contributed by atoms with Gasteiger partial charge in [-0.25, -0.2) is 0 Å². The molecule has 3 unspecified atom stereocenters. The van der Waals surface area contributed by atoms with Crippen molar-refractivity contribution >= 4 is 10.9 Å². The number of aryl methyl sites for hydroxylation is 1. The summed E-state index contributed by atoms with van der Waals surface area (Å²) < 4.78 is 2.38. The summed E-state index contributed by atoms with van der Waals surface area (Å²) in [4.78, 5) is 6.61. The van der Waals surface area contributed by atoms with E-state index in [4.69, 9.17) is 0 Å². The zero-order chi connectivity index (χ0) is 18.5. The lowest BCUT2D eigenvalue weighted by molar-refractivity contribution is 0.150. The van der Waals surface area contributed by atoms with Crippen LogP contribution in [-0.2, 0) is 13.1 Å². The molecule has 0 radical (unpaired) electrons. The summed E-state index contributed by atoms with van der Waals surface area (Å²) in [5.74, 6) is 0.627. The van der Waals surface area contributed by atoms with Gasteiger partial charge in [-0.05, 0) is 62.2 Å². The third-order valence-corrected chi connectivity index (χ3v) is 6.63. The molecule has 0 spiro atoms. The van der Waals surface area contributed by atoms with Gasteiger partial charge in [-0.15, -0.1) is 0 Å². The second-order valence-electron chi connectivity index (χ2n) is 8.31. The minimum Gasteiger partial charge on any atom is -0.387 e. The average Bonchev–Trinajstić information content (AvgIpc) is 3.26. The molecule has 4 heteroatoms. The van der Waals surface area contributed by atoms with Crippen LogP contribution in [-0.4, -0.2) is 32.6 Å². The van der Waals surface area contributed by atoms with Crippen molar-refractivity contribution in [3.05, 3.63) is 65.1 Å². The smallest absolute Gasteiger partial charge is 0.0970 e. The zero-order valence-electron chi connectivity index (χ0n) is 16.1. The summed E-state index contributed by atoms with van der Waals surface area (Å²) in [7, 11) is 2.26. The Morgan fingerprint density at radius 3 is 2.81 bits per heavy atom. The molecule has 1 aromatic carbocycles. The van der Waals surface area contributed by atoms with Crippen molar-refractivity contribution in [2.24, 2.45) is 0 Å². The maximum absolute atomic E-state index is 10.9. The molecule has 27 heavy (non-hydrogen) atoms. The van der Waals surface area contributed by atoms with Crippen LogP contribution in [0.3, 0.4) is 0 Å². The Morgan fingerprint density at radius 1 is 1.19 bits per heavy atom. The lowest BCUT2D eigenvalue weighted by Crippen LogP contribution is -2.38. The van der Waals surface area contributed by atoms with Gasteiger partial charge in [-0.3, -0.25) is 9.88 Å². The van der Waals surface area contributed by atoms with Gasteiger partial charge in [0.15, 0.2) is 0 Å². The van der Waals surface area contributed by atoms with Gasteiger partial charge in [-0.2, -0.15) is 0 Å². The second kappa shape index (κ2) is 6.47. The Labute approximate surface area is 160 Å². The highest BCUT2D eigenvalue weighted by molar-refractivity contribution is 5.87. The molecule has 5 rings (SSSR count). The maximum atomic E-state index is 10.9. The van der Waals surface area contributed by atoms with Gasteiger partial charge in [0, 0.05) is 47.5 Å². The Hall–Kier alpha value is -2.17. The number of hydrogen-bond acceptors (Lipinski definition) is 3. The predicted octanol–water partition coefficient (Wildman–Crippen LogP) is 4.16. The Balaban J connectivity index is 1.65. The first-order valence-electron chi connectivity index (χ1n) is 10.0. The fourth-order valence-electron chi connectivity index (χ4n) is 5.36. The first-order chi connectivity index (χ1) is 13.1. The number of aromatic nitrogens is 2. The molecule has 1 N–H and O–H groups in total. The van der Waals surface area contributed by atoms with Gasteiger partial charge in [0.1, 0.15) is 0 Å². The minimum atomic E-state index is -0.527. The average molecular weight is 361 g/mol. The molecule has 4 nitrogen and oxygen atoms in total. The fraction of sp³-hybridized carbons (Fsp3) is 0.435. The zero-order valence-corrected chi connectivity index (χ0v) is 16.1. The van der Waals surface area contributed by atoms with Crippen molar-refractivity contribution in [3.8, 4) is 0 Å². The molecule has 1 fully saturated rings. The highest BCUT2D eigenvalue weighted by atomic mass is 16.3. The molecule has 1 aliphatic heterocycles. The highest BCUT2D eigenvalue weighted by Crippen LogP contribution is 2.47. The van der Waals surface area contributed by atoms with Gasteiger partial charge in [0.05, 0.1) is 12.6 Å². The van der Waals surface area contributed by atoms with E-state index in [-0.39, 0.29) is 0 Å². The van der Waals surface area contributed by atoms with Crippen LogP contribution in [0.5, 0.6) is 0 Å². The number of likely N-dealkylation sites (N-methyl/N-ethyl adjacent to an activating group) is 1. The number of nitrogens with zero attached hydrogens (tertiary/aromatic N) is 3. The number of fused-ring (bicyclic) bond motifs is 5. The molecule has 0 bridgehead atoms. The molecule has 140 valence electrons. The van der Waals surface area contributed by atoms with Crippen LogP contribution in [0.15, 0.2) is 42.7 Å². The molecule has 3 aromatic rings. The molecule has 2 aromatic heterocycles. The summed E-state index contributed by atoms with van der Waals surface area (Å²) in [6.45, 7) is 3.73. The molecule has 3 heterocycles. The van der Waals surface area contributed by atoms with Crippen LogP contribution in [0.2, 0.25) is 0 Å². The summed E-state index contributed by atoms with van der Waals surface area (Å²) in [5.41, 5.74) is 6.45. The normalized spacial score (nSPS) is 23.4. The van der Waals surface area contributed by atoms with E-state index in [0.717, 1.165) is 12.1 Å². The van der Waals surface area contributed by atoms with Crippen molar-refractivity contribution in [2.45, 2.75) is 57.3 Å². The second-order valence-corrected chi connectivity index (χ2v) is 8.31. The Kier molecular flexibility index (Phi) is 4.06. The van der Waals surface area contributed by atoms with Gasteiger partial charge >= 0.3 is 0 Å². The van der Waals surface area contributed by atoms with E-state index in [9.17, 15) is 5.11 Å². The molecular formula is C23H27N3O. The fourth-order valence-corrected chi connectivity index (χ4v) is 5.36. The summed E-state index contributed by atoms with van der Waals surface area (Å²) >= 11 is 0. The summed E-state index contributed by atoms with van der Waals surface area (Å²) in [6, 6.07) is 11.3. The third-order valence-electron chi connectivity index (χ3n) is 6.63. The standard InChI is InChI=1S/C23H27N3O/c1-15-6-7-20-18(12-15)23-17-4-3-5-19(17)25(2)13-21(23)26(20)14-22(27)16-8-10-24-11-9-16/h6-12,17,19,22,27H,3-5,13-14H2,1-2H3. The number of pyridine rings is 1. The van der Waals surface area contributed by atoms with Gasteiger partial charge in [-0.1, -0.05) is 18.1 Å². The molecule has 1 saturated carbocycles. The quantitative estimate of drug-likeness (QED) is 0.762. The lowest BCUT2D eigenvalue weighted by atomic mass is 9.87. The molecule has 0 amide bonds. The van der Waals surface area contributed by atoms with Crippen LogP contribution in [0.25, 0.3) is 10.9 Å². The molecule has 2 aliphatic rings.